The number of nitrogens with one attached hydrogen (secondary N) is 1. The Kier molecular flexibility index (Phi) is 4.20. The zero-order chi connectivity index (χ0) is 17.2. The van der Waals surface area contributed by atoms with Gasteiger partial charge in [-0.1, -0.05) is 30.3 Å². The summed E-state index contributed by atoms with van der Waals surface area (Å²) in [5, 5.41) is 7.57. The van der Waals surface area contributed by atoms with Crippen LogP contribution in [-0.4, -0.2) is 28.7 Å². The smallest absolute Gasteiger partial charge is 0.346 e. The van der Waals surface area contributed by atoms with Crippen LogP contribution in [0, 0.1) is 6.92 Å². The van der Waals surface area contributed by atoms with Gasteiger partial charge < -0.3 is 9.73 Å². The van der Waals surface area contributed by atoms with Gasteiger partial charge in [-0.25, -0.2) is 4.79 Å². The van der Waals surface area contributed by atoms with Crippen LogP contribution in [0.25, 0.3) is 0 Å². The summed E-state index contributed by atoms with van der Waals surface area (Å²) >= 11 is 0. The molecule has 6 heteroatoms. The molecule has 124 valence electrons. The van der Waals surface area contributed by atoms with Gasteiger partial charge in [-0.05, 0) is 44.4 Å². The quantitative estimate of drug-likeness (QED) is 0.678. The number of hydrogen-bond acceptors (Lipinski definition) is 4. The molecule has 3 amide bonds. The standard InChI is InChI=1S/C18H19N3O3/c1-13-8-9-15(24-13)12-19-21-16(22)18(2,20-17(21)23)11-10-14-6-4-3-5-7-14/h3-9,12H,10-11H2,1-2H3,(H,20,23)/b19-12-/t18-/m0/s1. The van der Waals surface area contributed by atoms with E-state index in [1.165, 1.54) is 6.21 Å². The molecule has 1 atom stereocenters. The summed E-state index contributed by atoms with van der Waals surface area (Å²) in [7, 11) is 0. The minimum absolute atomic E-state index is 0.358. The number of amides is 3. The number of furan rings is 1. The normalized spacial score (nSPS) is 20.8. The van der Waals surface area contributed by atoms with Gasteiger partial charge in [0.05, 0.1) is 6.21 Å². The van der Waals surface area contributed by atoms with Crippen LogP contribution in [0.5, 0.6) is 0 Å². The summed E-state index contributed by atoms with van der Waals surface area (Å²) < 4.78 is 5.35. The maximum absolute atomic E-state index is 12.6. The van der Waals surface area contributed by atoms with E-state index in [0.29, 0.717) is 18.6 Å². The van der Waals surface area contributed by atoms with Gasteiger partial charge in [0.15, 0.2) is 0 Å². The first-order chi connectivity index (χ1) is 11.5. The molecule has 2 aromatic rings. The number of benzene rings is 1. The molecule has 1 aromatic heterocycles. The molecule has 0 radical (unpaired) electrons. The van der Waals surface area contributed by atoms with E-state index in [1.54, 1.807) is 19.1 Å². The Morgan fingerprint density at radius 3 is 2.62 bits per heavy atom. The van der Waals surface area contributed by atoms with E-state index in [4.69, 9.17) is 4.42 Å². The van der Waals surface area contributed by atoms with Crippen molar-refractivity contribution in [1.29, 1.82) is 0 Å². The molecule has 24 heavy (non-hydrogen) atoms. The lowest BCUT2D eigenvalue weighted by Gasteiger charge is -2.20. The largest absolute Gasteiger partial charge is 0.460 e. The second kappa shape index (κ2) is 6.31. The van der Waals surface area contributed by atoms with Crippen molar-refractivity contribution < 1.29 is 14.0 Å². The average Bonchev–Trinajstić information content (AvgIpc) is 3.07. The highest BCUT2D eigenvalue weighted by molar-refractivity contribution is 6.07. The van der Waals surface area contributed by atoms with Crippen molar-refractivity contribution in [2.75, 3.05) is 0 Å². The first kappa shape index (κ1) is 16.0. The van der Waals surface area contributed by atoms with Crippen molar-refractivity contribution >= 4 is 18.2 Å². The summed E-state index contributed by atoms with van der Waals surface area (Å²) in [6.45, 7) is 3.54. The van der Waals surface area contributed by atoms with Crippen LogP contribution in [0.3, 0.4) is 0 Å². The number of nitrogens with zero attached hydrogens (tertiary/aromatic N) is 2. The number of rotatable bonds is 5. The van der Waals surface area contributed by atoms with E-state index >= 15 is 0 Å². The van der Waals surface area contributed by atoms with E-state index in [-0.39, 0.29) is 5.91 Å². The zero-order valence-electron chi connectivity index (χ0n) is 13.7. The Morgan fingerprint density at radius 2 is 1.96 bits per heavy atom. The van der Waals surface area contributed by atoms with E-state index < -0.39 is 11.6 Å². The number of carbonyl (C=O) groups is 2. The summed E-state index contributed by atoms with van der Waals surface area (Å²) in [5.74, 6) is 0.871. The van der Waals surface area contributed by atoms with Gasteiger partial charge in [-0.15, -0.1) is 5.01 Å². The van der Waals surface area contributed by atoms with Gasteiger partial charge >= 0.3 is 6.03 Å². The van der Waals surface area contributed by atoms with Gasteiger partial charge in [0.2, 0.25) is 0 Å². The van der Waals surface area contributed by atoms with Gasteiger partial charge in [0, 0.05) is 0 Å². The fourth-order valence-electron chi connectivity index (χ4n) is 2.62. The monoisotopic (exact) mass is 325 g/mol. The third kappa shape index (κ3) is 3.22. The van der Waals surface area contributed by atoms with Crippen molar-refractivity contribution in [3.05, 3.63) is 59.5 Å². The topological polar surface area (TPSA) is 74.9 Å². The molecular formula is C18H19N3O3. The Labute approximate surface area is 140 Å². The summed E-state index contributed by atoms with van der Waals surface area (Å²) in [6, 6.07) is 12.8. The number of carbonyl (C=O) groups excluding carboxylic acids is 2. The third-order valence-corrected chi connectivity index (χ3v) is 4.06. The van der Waals surface area contributed by atoms with E-state index in [0.717, 1.165) is 16.3 Å². The molecule has 0 saturated carbocycles. The lowest BCUT2D eigenvalue weighted by molar-refractivity contribution is -0.130. The highest BCUT2D eigenvalue weighted by atomic mass is 16.3. The molecular weight excluding hydrogens is 306 g/mol. The second-order valence-electron chi connectivity index (χ2n) is 6.06. The van der Waals surface area contributed by atoms with Crippen molar-refractivity contribution in [3.8, 4) is 0 Å². The molecule has 0 bridgehead atoms. The van der Waals surface area contributed by atoms with E-state index in [1.807, 2.05) is 37.3 Å². The molecule has 6 nitrogen and oxygen atoms in total. The minimum Gasteiger partial charge on any atom is -0.460 e. The maximum atomic E-state index is 12.6. The van der Waals surface area contributed by atoms with Crippen molar-refractivity contribution in [1.82, 2.24) is 10.3 Å². The van der Waals surface area contributed by atoms with Crippen LogP contribution in [0.2, 0.25) is 0 Å². The molecule has 3 rings (SSSR count). The lowest BCUT2D eigenvalue weighted by Crippen LogP contribution is -2.44. The zero-order valence-corrected chi connectivity index (χ0v) is 13.7. The van der Waals surface area contributed by atoms with Gasteiger partial charge in [0.1, 0.15) is 17.1 Å². The van der Waals surface area contributed by atoms with Gasteiger partial charge in [-0.3, -0.25) is 4.79 Å². The number of hydrogen-bond donors (Lipinski definition) is 1. The fourth-order valence-corrected chi connectivity index (χ4v) is 2.62. The van der Waals surface area contributed by atoms with Crippen molar-refractivity contribution in [2.45, 2.75) is 32.2 Å². The second-order valence-corrected chi connectivity index (χ2v) is 6.06. The van der Waals surface area contributed by atoms with Crippen molar-refractivity contribution in [3.63, 3.8) is 0 Å². The Balaban J connectivity index is 1.69. The molecule has 1 fully saturated rings. The number of imide groups is 1. The Bertz CT molecular complexity index is 782. The first-order valence-electron chi connectivity index (χ1n) is 7.79. The molecule has 2 heterocycles. The fraction of sp³-hybridized carbons (Fsp3) is 0.278. The van der Waals surface area contributed by atoms with Crippen LogP contribution in [0.15, 0.2) is 52.0 Å². The van der Waals surface area contributed by atoms with Crippen LogP contribution < -0.4 is 5.32 Å². The first-order valence-corrected chi connectivity index (χ1v) is 7.79. The molecule has 1 aliphatic heterocycles. The Hall–Kier alpha value is -2.89. The number of aryl methyl sites for hydroxylation is 2. The van der Waals surface area contributed by atoms with Crippen LogP contribution in [0.4, 0.5) is 4.79 Å². The predicted octanol–water partition coefficient (Wildman–Crippen LogP) is 2.87. The molecule has 1 aromatic carbocycles. The van der Waals surface area contributed by atoms with E-state index in [2.05, 4.69) is 10.4 Å². The summed E-state index contributed by atoms with van der Waals surface area (Å²) in [5.41, 5.74) is 0.164. The van der Waals surface area contributed by atoms with Crippen LogP contribution >= 0.6 is 0 Å². The Morgan fingerprint density at radius 1 is 1.21 bits per heavy atom. The molecule has 0 spiro atoms. The third-order valence-electron chi connectivity index (χ3n) is 4.06. The molecule has 1 aliphatic rings. The van der Waals surface area contributed by atoms with Gasteiger partial charge in [-0.2, -0.15) is 5.10 Å². The van der Waals surface area contributed by atoms with Crippen LogP contribution in [-0.2, 0) is 11.2 Å². The SMILES string of the molecule is Cc1ccc(/C=N\N2C(=O)N[C@@](C)(CCc3ccccc3)C2=O)o1. The molecule has 1 saturated heterocycles. The minimum atomic E-state index is -0.955. The average molecular weight is 325 g/mol. The highest BCUT2D eigenvalue weighted by Gasteiger charge is 2.47. The molecule has 0 unspecified atom stereocenters. The number of hydrazone groups is 1. The van der Waals surface area contributed by atoms with Gasteiger partial charge in [0.25, 0.3) is 5.91 Å². The molecule has 1 N–H and O–H groups in total. The summed E-state index contributed by atoms with van der Waals surface area (Å²) in [4.78, 5) is 24.7. The number of urea groups is 1. The van der Waals surface area contributed by atoms with Crippen molar-refractivity contribution in [2.24, 2.45) is 5.10 Å². The predicted molar refractivity (Wildman–Crippen MR) is 89.6 cm³/mol. The maximum Gasteiger partial charge on any atom is 0.346 e. The van der Waals surface area contributed by atoms with E-state index in [9.17, 15) is 9.59 Å². The summed E-state index contributed by atoms with van der Waals surface area (Å²) in [6.07, 6.45) is 2.57. The highest BCUT2D eigenvalue weighted by Crippen LogP contribution is 2.23. The van der Waals surface area contributed by atoms with Crippen LogP contribution in [0.1, 0.15) is 30.4 Å². The molecule has 0 aliphatic carbocycles. The lowest BCUT2D eigenvalue weighted by atomic mass is 9.93.